The topological polar surface area (TPSA) is 101 Å². The van der Waals surface area contributed by atoms with Crippen molar-refractivity contribution in [2.45, 2.75) is 73.1 Å². The zero-order valence-corrected chi connectivity index (χ0v) is 19.2. The van der Waals surface area contributed by atoms with Crippen LogP contribution < -0.4 is 0 Å². The molecule has 1 aliphatic rings. The highest BCUT2D eigenvalue weighted by atomic mass is 32.3. The smallest absolute Gasteiger partial charge is 0.280 e. The van der Waals surface area contributed by atoms with Crippen molar-refractivity contribution in [3.63, 3.8) is 0 Å². The molecule has 0 radical (unpaired) electrons. The van der Waals surface area contributed by atoms with Gasteiger partial charge >= 0.3 is 10.4 Å². The van der Waals surface area contributed by atoms with E-state index in [1.807, 2.05) is 6.92 Å². The summed E-state index contributed by atoms with van der Waals surface area (Å²) >= 11 is 0. The molecule has 1 saturated heterocycles. The predicted molar refractivity (Wildman–Crippen MR) is 112 cm³/mol. The van der Waals surface area contributed by atoms with Crippen molar-refractivity contribution in [3.8, 4) is 0 Å². The van der Waals surface area contributed by atoms with Crippen LogP contribution in [-0.4, -0.2) is 42.8 Å². The van der Waals surface area contributed by atoms with E-state index in [2.05, 4.69) is 44.0 Å². The number of carbonyl (C=O) groups excluding carboxylic acids is 2. The number of rotatable bonds is 12. The molecule has 0 bridgehead atoms. The number of allylic oxidation sites excluding steroid dienone is 2. The van der Waals surface area contributed by atoms with Gasteiger partial charge in [0.15, 0.2) is 0 Å². The Kier molecular flexibility index (Phi) is 9.98. The predicted octanol–water partition coefficient (Wildman–Crippen LogP) is 4.01. The van der Waals surface area contributed by atoms with E-state index in [0.29, 0.717) is 11.3 Å². The fraction of sp³-hybridized carbons (Fsp3) is 0.810. The number of hydrogen-bond donors (Lipinski definition) is 1. The third-order valence-corrected chi connectivity index (χ3v) is 5.60. The maximum absolute atomic E-state index is 12.7. The Morgan fingerprint density at radius 2 is 1.93 bits per heavy atom. The molecule has 1 rings (SSSR count). The summed E-state index contributed by atoms with van der Waals surface area (Å²) in [4.78, 5) is 26.0. The van der Waals surface area contributed by atoms with Crippen molar-refractivity contribution in [1.29, 1.82) is 0 Å². The highest BCUT2D eigenvalue weighted by Crippen LogP contribution is 2.31. The molecule has 168 valence electrons. The normalized spacial score (nSPS) is 20.6. The fourth-order valence-corrected chi connectivity index (χ4v) is 4.36. The van der Waals surface area contributed by atoms with Crippen molar-refractivity contribution < 1.29 is 26.7 Å². The van der Waals surface area contributed by atoms with Gasteiger partial charge in [-0.1, -0.05) is 53.2 Å². The molecule has 2 amide bonds. The van der Waals surface area contributed by atoms with Crippen molar-refractivity contribution in [2.24, 2.45) is 23.2 Å². The van der Waals surface area contributed by atoms with E-state index in [1.165, 1.54) is 0 Å². The minimum Gasteiger partial charge on any atom is -0.280 e. The first kappa shape index (κ1) is 25.8. The molecule has 0 spiro atoms. The van der Waals surface area contributed by atoms with Gasteiger partial charge in [-0.25, -0.2) is 4.18 Å². The Labute approximate surface area is 175 Å². The van der Waals surface area contributed by atoms with Crippen LogP contribution in [0.1, 0.15) is 73.1 Å². The van der Waals surface area contributed by atoms with Crippen LogP contribution in [0, 0.1) is 23.2 Å². The third kappa shape index (κ3) is 9.87. The highest BCUT2D eigenvalue weighted by Gasteiger charge is 2.41. The zero-order valence-electron chi connectivity index (χ0n) is 18.4. The summed E-state index contributed by atoms with van der Waals surface area (Å²) in [5.74, 6) is -0.430. The summed E-state index contributed by atoms with van der Waals surface area (Å²) in [6, 6.07) is 0. The quantitative estimate of drug-likeness (QED) is 0.285. The number of nitrogens with zero attached hydrogens (tertiary/aromatic N) is 1. The van der Waals surface area contributed by atoms with E-state index in [9.17, 15) is 18.0 Å². The first-order chi connectivity index (χ1) is 13.3. The minimum absolute atomic E-state index is 0.0122. The first-order valence-corrected chi connectivity index (χ1v) is 11.8. The number of hydrogen-bond acceptors (Lipinski definition) is 5. The zero-order chi connectivity index (χ0) is 22.2. The molecule has 3 atom stereocenters. The van der Waals surface area contributed by atoms with Crippen LogP contribution in [0.5, 0.6) is 0 Å². The van der Waals surface area contributed by atoms with E-state index in [1.54, 1.807) is 0 Å². The second-order valence-electron chi connectivity index (χ2n) is 9.27. The molecule has 0 aromatic rings. The van der Waals surface area contributed by atoms with Crippen LogP contribution in [0.4, 0.5) is 0 Å². The van der Waals surface area contributed by atoms with E-state index in [4.69, 9.17) is 4.55 Å². The van der Waals surface area contributed by atoms with Crippen molar-refractivity contribution in [1.82, 2.24) is 4.90 Å². The van der Waals surface area contributed by atoms with Crippen LogP contribution in [0.25, 0.3) is 0 Å². The molecule has 1 N–H and O–H groups in total. The van der Waals surface area contributed by atoms with Crippen LogP contribution >= 0.6 is 0 Å². The Morgan fingerprint density at radius 1 is 1.28 bits per heavy atom. The second kappa shape index (κ2) is 11.2. The summed E-state index contributed by atoms with van der Waals surface area (Å²) < 4.78 is 34.1. The fourth-order valence-electron chi connectivity index (χ4n) is 4.08. The van der Waals surface area contributed by atoms with Crippen LogP contribution in [0.3, 0.4) is 0 Å². The largest absolute Gasteiger partial charge is 0.397 e. The molecule has 0 aromatic carbocycles. The van der Waals surface area contributed by atoms with Crippen molar-refractivity contribution in [3.05, 3.63) is 12.2 Å². The van der Waals surface area contributed by atoms with E-state index in [0.717, 1.165) is 37.0 Å². The summed E-state index contributed by atoms with van der Waals surface area (Å²) in [6.07, 6.45) is 9.23. The molecule has 29 heavy (non-hydrogen) atoms. The molecule has 7 nitrogen and oxygen atoms in total. The molecule has 8 heteroatoms. The Balaban J connectivity index is 2.64. The highest BCUT2D eigenvalue weighted by molar-refractivity contribution is 7.80. The molecule has 0 aliphatic carbocycles. The molecule has 1 aliphatic heterocycles. The summed E-state index contributed by atoms with van der Waals surface area (Å²) in [7, 11) is -4.58. The Bertz CT molecular complexity index is 680. The summed E-state index contributed by atoms with van der Waals surface area (Å²) in [6.45, 7) is 10.4. The lowest BCUT2D eigenvalue weighted by atomic mass is 9.83. The minimum atomic E-state index is -4.58. The molecule has 0 aromatic heterocycles. The van der Waals surface area contributed by atoms with Crippen molar-refractivity contribution in [2.75, 3.05) is 13.2 Å². The van der Waals surface area contributed by atoms with Gasteiger partial charge in [-0.05, 0) is 42.9 Å². The SMILES string of the molecule is CCCC(/C=C\CCC(C)CC(C)(C)C)C1CC(=O)N(CCOS(=O)(=O)O)C1=O. The lowest BCUT2D eigenvalue weighted by Crippen LogP contribution is -2.35. The van der Waals surface area contributed by atoms with Gasteiger partial charge in [0.2, 0.25) is 11.8 Å². The molecule has 1 fully saturated rings. The first-order valence-electron chi connectivity index (χ1n) is 10.5. The lowest BCUT2D eigenvalue weighted by Gasteiger charge is -2.23. The van der Waals surface area contributed by atoms with Gasteiger partial charge in [0.25, 0.3) is 0 Å². The maximum Gasteiger partial charge on any atom is 0.397 e. The average molecular weight is 432 g/mol. The third-order valence-electron chi connectivity index (χ3n) is 5.14. The van der Waals surface area contributed by atoms with Gasteiger partial charge in [-0.3, -0.25) is 19.0 Å². The Morgan fingerprint density at radius 3 is 2.48 bits per heavy atom. The molecular formula is C21H37NO6S. The van der Waals surface area contributed by atoms with Gasteiger partial charge in [-0.2, -0.15) is 8.42 Å². The van der Waals surface area contributed by atoms with Crippen LogP contribution in [0.2, 0.25) is 0 Å². The van der Waals surface area contributed by atoms with E-state index in [-0.39, 0.29) is 30.7 Å². The second-order valence-corrected chi connectivity index (χ2v) is 10.4. The average Bonchev–Trinajstić information content (AvgIpc) is 2.83. The van der Waals surface area contributed by atoms with Gasteiger partial charge in [0.05, 0.1) is 19.1 Å². The monoisotopic (exact) mass is 431 g/mol. The standard InChI is InChI=1S/C21H37NO6S/c1-6-9-17(11-8-7-10-16(2)15-21(3,4)5)18-14-19(23)22(20(18)24)12-13-28-29(25,26)27/h8,11,16-18H,6-7,9-10,12-15H2,1-5H3,(H,25,26,27)/b11-8-. The number of likely N-dealkylation sites (tertiary alicyclic amines) is 1. The van der Waals surface area contributed by atoms with Gasteiger partial charge in [0, 0.05) is 6.42 Å². The van der Waals surface area contributed by atoms with E-state index >= 15 is 0 Å². The van der Waals surface area contributed by atoms with Gasteiger partial charge < -0.3 is 0 Å². The van der Waals surface area contributed by atoms with Crippen LogP contribution in [0.15, 0.2) is 12.2 Å². The molecule has 1 heterocycles. The summed E-state index contributed by atoms with van der Waals surface area (Å²) in [5, 5.41) is 0. The molecule has 0 saturated carbocycles. The van der Waals surface area contributed by atoms with Gasteiger partial charge in [-0.15, -0.1) is 0 Å². The van der Waals surface area contributed by atoms with Crippen molar-refractivity contribution >= 4 is 22.2 Å². The Hall–Kier alpha value is -1.25. The number of imide groups is 1. The molecular weight excluding hydrogens is 394 g/mol. The number of carbonyl (C=O) groups is 2. The lowest BCUT2D eigenvalue weighted by molar-refractivity contribution is -0.140. The van der Waals surface area contributed by atoms with Crippen LogP contribution in [-0.2, 0) is 24.2 Å². The van der Waals surface area contributed by atoms with Gasteiger partial charge in [0.1, 0.15) is 0 Å². The summed E-state index contributed by atoms with van der Waals surface area (Å²) in [5.41, 5.74) is 0.313. The number of amides is 2. The molecule has 3 unspecified atom stereocenters. The maximum atomic E-state index is 12.7. The van der Waals surface area contributed by atoms with E-state index < -0.39 is 22.9 Å².